The third-order valence-corrected chi connectivity index (χ3v) is 6.15. The first-order valence-electron chi connectivity index (χ1n) is 14.9. The van der Waals surface area contributed by atoms with Crippen LogP contribution in [0.4, 0.5) is 0 Å². The van der Waals surface area contributed by atoms with Crippen LogP contribution in [0.15, 0.2) is 0 Å². The zero-order chi connectivity index (χ0) is 26.6. The summed E-state index contributed by atoms with van der Waals surface area (Å²) in [4.78, 5) is 5.18. The molecule has 5 heteroatoms. The molecule has 2 atom stereocenters. The molecule has 1 N–H and O–H groups in total. The number of unbranched alkanes of at least 4 members (excludes halogenated alkanes) is 2. The van der Waals surface area contributed by atoms with Crippen LogP contribution in [-0.2, 0) is 9.47 Å². The van der Waals surface area contributed by atoms with Gasteiger partial charge in [0.25, 0.3) is 0 Å². The Balaban J connectivity index is 3.70. The SMILES string of the molecule is CC(C)CN(CC(C)C)C(C)COCCCCNCCCCOCC(C)N(CC(C)C)CC(C)C. The molecule has 0 radical (unpaired) electrons. The first-order chi connectivity index (χ1) is 16.5. The van der Waals surface area contributed by atoms with E-state index < -0.39 is 0 Å². The smallest absolute Gasteiger partial charge is 0.0619 e. The zero-order valence-corrected chi connectivity index (χ0v) is 25.6. The number of rotatable bonds is 24. The summed E-state index contributed by atoms with van der Waals surface area (Å²) in [7, 11) is 0. The van der Waals surface area contributed by atoms with Gasteiger partial charge in [-0.3, -0.25) is 9.80 Å². The number of ether oxygens (including phenoxy) is 2. The largest absolute Gasteiger partial charge is 0.380 e. The molecule has 0 amide bonds. The van der Waals surface area contributed by atoms with Crippen molar-refractivity contribution in [1.29, 1.82) is 0 Å². The maximum atomic E-state index is 6.00. The Labute approximate surface area is 221 Å². The normalized spacial score (nSPS) is 14.4. The van der Waals surface area contributed by atoms with Crippen molar-refractivity contribution in [3.05, 3.63) is 0 Å². The molecule has 0 fully saturated rings. The molecule has 0 aliphatic heterocycles. The standard InChI is InChI=1S/C30H65N3O2/c1-25(2)19-32(20-26(3)4)29(9)23-34-17-13-11-15-31-16-12-14-18-35-24-30(10)33(21-27(5)6)22-28(7)8/h25-31H,11-24H2,1-10H3. The summed E-state index contributed by atoms with van der Waals surface area (Å²) in [5.74, 6) is 2.80. The molecule has 0 aromatic heterocycles. The van der Waals surface area contributed by atoms with E-state index in [0.29, 0.717) is 35.8 Å². The van der Waals surface area contributed by atoms with Gasteiger partial charge in [0, 0.05) is 51.5 Å². The Bertz CT molecular complexity index is 397. The van der Waals surface area contributed by atoms with Gasteiger partial charge in [-0.05, 0) is 76.3 Å². The lowest BCUT2D eigenvalue weighted by Crippen LogP contribution is -2.41. The van der Waals surface area contributed by atoms with E-state index in [4.69, 9.17) is 9.47 Å². The monoisotopic (exact) mass is 500 g/mol. The molecule has 5 nitrogen and oxygen atoms in total. The third-order valence-electron chi connectivity index (χ3n) is 6.15. The Morgan fingerprint density at radius 2 is 0.800 bits per heavy atom. The highest BCUT2D eigenvalue weighted by Crippen LogP contribution is 2.10. The van der Waals surface area contributed by atoms with E-state index in [-0.39, 0.29) is 0 Å². The van der Waals surface area contributed by atoms with E-state index in [0.717, 1.165) is 78.5 Å². The molecule has 0 aromatic carbocycles. The predicted molar refractivity (Wildman–Crippen MR) is 154 cm³/mol. The molecule has 0 aliphatic rings. The summed E-state index contributed by atoms with van der Waals surface area (Å²) in [6.07, 6.45) is 4.65. The van der Waals surface area contributed by atoms with Crippen molar-refractivity contribution in [3.63, 3.8) is 0 Å². The fourth-order valence-corrected chi connectivity index (χ4v) is 4.50. The molecule has 35 heavy (non-hydrogen) atoms. The molecule has 0 saturated heterocycles. The minimum absolute atomic E-state index is 0.497. The molecule has 0 bridgehead atoms. The van der Waals surface area contributed by atoms with Crippen LogP contribution in [0.5, 0.6) is 0 Å². The lowest BCUT2D eigenvalue weighted by atomic mass is 10.1. The lowest BCUT2D eigenvalue weighted by molar-refractivity contribution is 0.0536. The molecule has 2 unspecified atom stereocenters. The first-order valence-corrected chi connectivity index (χ1v) is 14.9. The maximum Gasteiger partial charge on any atom is 0.0619 e. The fraction of sp³-hybridized carbons (Fsp3) is 1.00. The Morgan fingerprint density at radius 1 is 0.486 bits per heavy atom. The van der Waals surface area contributed by atoms with Gasteiger partial charge in [0.05, 0.1) is 13.2 Å². The zero-order valence-electron chi connectivity index (χ0n) is 25.6. The highest BCUT2D eigenvalue weighted by atomic mass is 16.5. The van der Waals surface area contributed by atoms with Crippen molar-refractivity contribution in [3.8, 4) is 0 Å². The van der Waals surface area contributed by atoms with Gasteiger partial charge >= 0.3 is 0 Å². The molecule has 0 heterocycles. The summed E-state index contributed by atoms with van der Waals surface area (Å²) in [6, 6.07) is 0.994. The summed E-state index contributed by atoms with van der Waals surface area (Å²) in [5.41, 5.74) is 0. The number of hydrogen-bond donors (Lipinski definition) is 1. The predicted octanol–water partition coefficient (Wildman–Crippen LogP) is 6.17. The van der Waals surface area contributed by atoms with Crippen molar-refractivity contribution < 1.29 is 9.47 Å². The van der Waals surface area contributed by atoms with Gasteiger partial charge in [-0.15, -0.1) is 0 Å². The quantitative estimate of drug-likeness (QED) is 0.161. The van der Waals surface area contributed by atoms with Crippen LogP contribution in [0.2, 0.25) is 0 Å². The first kappa shape index (κ1) is 34.8. The third kappa shape index (κ3) is 21.6. The van der Waals surface area contributed by atoms with Crippen LogP contribution in [0.3, 0.4) is 0 Å². The fourth-order valence-electron chi connectivity index (χ4n) is 4.50. The molecule has 0 spiro atoms. The van der Waals surface area contributed by atoms with Gasteiger partial charge in [-0.2, -0.15) is 0 Å². The number of hydrogen-bond acceptors (Lipinski definition) is 5. The van der Waals surface area contributed by atoms with Crippen molar-refractivity contribution >= 4 is 0 Å². The molecule has 0 saturated carbocycles. The van der Waals surface area contributed by atoms with Crippen molar-refractivity contribution in [2.45, 2.75) is 107 Å². The minimum Gasteiger partial charge on any atom is -0.380 e. The average molecular weight is 500 g/mol. The van der Waals surface area contributed by atoms with Gasteiger partial charge in [-0.1, -0.05) is 55.4 Å². The summed E-state index contributed by atoms with van der Waals surface area (Å²) in [6.45, 7) is 33.3. The van der Waals surface area contributed by atoms with Gasteiger partial charge < -0.3 is 14.8 Å². The van der Waals surface area contributed by atoms with Gasteiger partial charge in [0.15, 0.2) is 0 Å². The summed E-state index contributed by atoms with van der Waals surface area (Å²) >= 11 is 0. The van der Waals surface area contributed by atoms with Crippen molar-refractivity contribution in [1.82, 2.24) is 15.1 Å². The lowest BCUT2D eigenvalue weighted by Gasteiger charge is -2.32. The number of nitrogens with one attached hydrogen (secondary N) is 1. The van der Waals surface area contributed by atoms with Gasteiger partial charge in [-0.25, -0.2) is 0 Å². The van der Waals surface area contributed by atoms with E-state index in [1.165, 1.54) is 12.8 Å². The second-order valence-corrected chi connectivity index (χ2v) is 12.5. The van der Waals surface area contributed by atoms with E-state index >= 15 is 0 Å². The van der Waals surface area contributed by atoms with Crippen LogP contribution in [0.25, 0.3) is 0 Å². The molecule has 0 aromatic rings. The molecule has 212 valence electrons. The summed E-state index contributed by atoms with van der Waals surface area (Å²) in [5, 5.41) is 3.58. The van der Waals surface area contributed by atoms with Gasteiger partial charge in [0.1, 0.15) is 0 Å². The number of nitrogens with zero attached hydrogens (tertiary/aromatic N) is 2. The Hall–Kier alpha value is -0.200. The van der Waals surface area contributed by atoms with Crippen LogP contribution < -0.4 is 5.32 Å². The van der Waals surface area contributed by atoms with Crippen molar-refractivity contribution in [2.75, 3.05) is 65.7 Å². The van der Waals surface area contributed by atoms with E-state index in [9.17, 15) is 0 Å². The second-order valence-electron chi connectivity index (χ2n) is 12.5. The van der Waals surface area contributed by atoms with Gasteiger partial charge in [0.2, 0.25) is 0 Å². The average Bonchev–Trinajstić information content (AvgIpc) is 2.74. The van der Waals surface area contributed by atoms with Crippen molar-refractivity contribution in [2.24, 2.45) is 23.7 Å². The molecule has 0 rings (SSSR count). The van der Waals surface area contributed by atoms with Crippen LogP contribution in [0, 0.1) is 23.7 Å². The Morgan fingerprint density at radius 3 is 1.09 bits per heavy atom. The highest BCUT2D eigenvalue weighted by molar-refractivity contribution is 4.71. The van der Waals surface area contributed by atoms with Crippen LogP contribution >= 0.6 is 0 Å². The maximum absolute atomic E-state index is 6.00. The van der Waals surface area contributed by atoms with Crippen LogP contribution in [0.1, 0.15) is 94.9 Å². The highest BCUT2D eigenvalue weighted by Gasteiger charge is 2.17. The summed E-state index contributed by atoms with van der Waals surface area (Å²) < 4.78 is 12.0. The molecular weight excluding hydrogens is 434 g/mol. The van der Waals surface area contributed by atoms with Crippen LogP contribution in [-0.4, -0.2) is 87.6 Å². The van der Waals surface area contributed by atoms with E-state index in [1.54, 1.807) is 0 Å². The minimum atomic E-state index is 0.497. The molecular formula is C30H65N3O2. The molecule has 0 aliphatic carbocycles. The van der Waals surface area contributed by atoms with E-state index in [2.05, 4.69) is 84.4 Å². The second kappa shape index (κ2) is 21.8. The van der Waals surface area contributed by atoms with E-state index in [1.807, 2.05) is 0 Å². The Kier molecular flexibility index (Phi) is 21.7. The topological polar surface area (TPSA) is 37.0 Å².